The van der Waals surface area contributed by atoms with Crippen molar-refractivity contribution in [3.63, 3.8) is 0 Å². The molecule has 2 aliphatic rings. The van der Waals surface area contributed by atoms with Crippen molar-refractivity contribution in [2.75, 3.05) is 25.5 Å². The Balaban J connectivity index is 1.71. The van der Waals surface area contributed by atoms with Crippen LogP contribution in [0.1, 0.15) is 121 Å². The number of benzene rings is 2. The molecule has 0 bridgehead atoms. The third-order valence-corrected chi connectivity index (χ3v) is 19.1. The molecule has 0 aliphatic carbocycles. The number of oxime groups is 2. The summed E-state index contributed by atoms with van der Waals surface area (Å²) < 4.78 is 71.1. The van der Waals surface area contributed by atoms with Gasteiger partial charge in [-0.25, -0.2) is 23.0 Å². The number of rotatable bonds is 24. The standard InChI is InChI=1S/C48H74N2O11P2Si2/c1-17-37-35(9)41-27-57-47(51)43(41)45(55-23-25-64(11,12)13)39(37)21-19-33(7)29-62(53,59-49-31(3)4)61-63(54,60-50-32(5)6)30-34(8)20-22-40-38(18-2)36(10)42-28-58-48(52)44(42)46(40)56-24-26-65(14,15)16/h19-20H,17-18,21-30H2,1-16H3/b33-19+,34-20+. The van der Waals surface area contributed by atoms with Gasteiger partial charge >= 0.3 is 27.1 Å². The largest absolute Gasteiger partial charge is 0.493 e. The molecule has 360 valence electrons. The van der Waals surface area contributed by atoms with Crippen LogP contribution in [0.2, 0.25) is 51.4 Å². The Labute approximate surface area is 390 Å². The van der Waals surface area contributed by atoms with Crippen molar-refractivity contribution >= 4 is 54.7 Å². The van der Waals surface area contributed by atoms with Crippen LogP contribution in [0.4, 0.5) is 0 Å². The van der Waals surface area contributed by atoms with E-state index in [2.05, 4.69) is 63.4 Å². The second kappa shape index (κ2) is 22.4. The summed E-state index contributed by atoms with van der Waals surface area (Å²) in [5, 5.41) is 8.05. The molecular formula is C48H74N2O11P2Si2. The average molecular weight is 973 g/mol. The Morgan fingerprint density at radius 1 is 0.615 bits per heavy atom. The number of cyclic esters (lactones) is 2. The molecule has 0 aromatic heterocycles. The monoisotopic (exact) mass is 972 g/mol. The second-order valence-corrected chi connectivity index (χ2v) is 35.4. The van der Waals surface area contributed by atoms with E-state index < -0.39 is 43.3 Å². The van der Waals surface area contributed by atoms with Gasteiger partial charge in [0.05, 0.1) is 37.0 Å². The Kier molecular flexibility index (Phi) is 18.5. The average Bonchev–Trinajstić information content (AvgIpc) is 3.78. The lowest BCUT2D eigenvalue weighted by molar-refractivity contribution is 0.0523. The summed E-state index contributed by atoms with van der Waals surface area (Å²) in [6, 6.07) is 1.82. The quantitative estimate of drug-likeness (QED) is 0.0246. The molecule has 2 aromatic carbocycles. The fraction of sp³-hybridized carbons (Fsp3) is 0.583. The van der Waals surface area contributed by atoms with Crippen LogP contribution < -0.4 is 9.47 Å². The lowest BCUT2D eigenvalue weighted by Crippen LogP contribution is -2.23. The Morgan fingerprint density at radius 3 is 1.28 bits per heavy atom. The van der Waals surface area contributed by atoms with Crippen LogP contribution in [0, 0.1) is 13.8 Å². The summed E-state index contributed by atoms with van der Waals surface area (Å²) in [4.78, 5) is 26.3. The number of carbonyl (C=O) groups excluding carboxylic acids is 2. The van der Waals surface area contributed by atoms with E-state index in [4.69, 9.17) is 32.5 Å². The van der Waals surface area contributed by atoms with Gasteiger partial charge in [-0.3, -0.25) is 0 Å². The van der Waals surface area contributed by atoms with Gasteiger partial charge in [0, 0.05) is 38.4 Å². The van der Waals surface area contributed by atoms with E-state index in [1.165, 1.54) is 0 Å². The van der Waals surface area contributed by atoms with Crippen LogP contribution in [-0.4, -0.2) is 65.0 Å². The number of hydrogen-bond acceptors (Lipinski definition) is 13. The molecule has 17 heteroatoms. The molecule has 0 radical (unpaired) electrons. The van der Waals surface area contributed by atoms with Crippen LogP contribution in [0.5, 0.6) is 11.5 Å². The summed E-state index contributed by atoms with van der Waals surface area (Å²) >= 11 is 0. The topological polar surface area (TPSA) is 158 Å². The maximum Gasteiger partial charge on any atom is 0.411 e. The summed E-state index contributed by atoms with van der Waals surface area (Å²) in [5.74, 6) is 0.273. The lowest BCUT2D eigenvalue weighted by atomic mass is 9.89. The highest BCUT2D eigenvalue weighted by Crippen LogP contribution is 2.66. The molecule has 2 unspecified atom stereocenters. The number of hydrogen-bond donors (Lipinski definition) is 0. The maximum absolute atomic E-state index is 14.9. The highest BCUT2D eigenvalue weighted by atomic mass is 31.3. The highest BCUT2D eigenvalue weighted by Gasteiger charge is 2.41. The zero-order valence-corrected chi connectivity index (χ0v) is 45.7. The Bertz CT molecular complexity index is 2190. The van der Waals surface area contributed by atoms with Gasteiger partial charge in [-0.15, -0.1) is 0 Å². The van der Waals surface area contributed by atoms with Crippen molar-refractivity contribution in [3.8, 4) is 11.5 Å². The van der Waals surface area contributed by atoms with Gasteiger partial charge in [-0.2, -0.15) is 0 Å². The smallest absolute Gasteiger partial charge is 0.411 e. The molecule has 2 heterocycles. The van der Waals surface area contributed by atoms with Crippen molar-refractivity contribution in [3.05, 3.63) is 78.9 Å². The van der Waals surface area contributed by atoms with E-state index in [1.54, 1.807) is 41.5 Å². The molecule has 0 amide bonds. The Hall–Kier alpha value is -3.75. The van der Waals surface area contributed by atoms with Crippen LogP contribution >= 0.6 is 15.2 Å². The highest BCUT2D eigenvalue weighted by molar-refractivity contribution is 7.67. The van der Waals surface area contributed by atoms with Gasteiger partial charge in [0.15, 0.2) is 0 Å². The molecule has 65 heavy (non-hydrogen) atoms. The summed E-state index contributed by atoms with van der Waals surface area (Å²) in [6.07, 6.45) is 5.38. The van der Waals surface area contributed by atoms with Crippen LogP contribution in [0.25, 0.3) is 0 Å². The minimum absolute atomic E-state index is 0.207. The van der Waals surface area contributed by atoms with Crippen LogP contribution in [-0.2, 0) is 71.1 Å². The van der Waals surface area contributed by atoms with E-state index in [0.29, 0.717) is 84.1 Å². The predicted octanol–water partition coefficient (Wildman–Crippen LogP) is 13.1. The number of ether oxygens (including phenoxy) is 4. The number of allylic oxidation sites excluding steroid dienone is 4. The third kappa shape index (κ3) is 14.6. The van der Waals surface area contributed by atoms with E-state index >= 15 is 0 Å². The number of fused-ring (bicyclic) bond motifs is 2. The SMILES string of the molecule is CCc1c(C)c2c(c(OCC[Si](C)(C)C)c1C/C=C(\C)CP(=O)(ON=C(C)C)OP(=O)(C/C(C)=C/Cc1c(CC)c(C)c3c(c1OCC[Si](C)(C)C)C(=O)OC3)ON=C(C)C)C(=O)OC2. The van der Waals surface area contributed by atoms with Gasteiger partial charge in [0.1, 0.15) is 35.8 Å². The molecule has 2 aliphatic heterocycles. The van der Waals surface area contributed by atoms with Crippen molar-refractivity contribution in [1.29, 1.82) is 0 Å². The summed E-state index contributed by atoms with van der Waals surface area (Å²) in [7, 11) is -11.6. The summed E-state index contributed by atoms with van der Waals surface area (Å²) in [6.45, 7) is 33.5. The number of nitrogens with zero attached hydrogens (tertiary/aromatic N) is 2. The van der Waals surface area contributed by atoms with Crippen LogP contribution in [0.15, 0.2) is 33.6 Å². The molecule has 2 atom stereocenters. The molecule has 4 rings (SSSR count). The van der Waals surface area contributed by atoms with E-state index in [0.717, 1.165) is 56.6 Å². The van der Waals surface area contributed by atoms with Gasteiger partial charge in [0.25, 0.3) is 0 Å². The molecule has 0 spiro atoms. The first-order valence-electron chi connectivity index (χ1n) is 22.8. The first-order chi connectivity index (χ1) is 30.2. The maximum atomic E-state index is 14.9. The fourth-order valence-corrected chi connectivity index (χ4v) is 13.6. The second-order valence-electron chi connectivity index (χ2n) is 20.1. The Morgan fingerprint density at radius 2 is 0.969 bits per heavy atom. The van der Waals surface area contributed by atoms with Gasteiger partial charge in [-0.05, 0) is 115 Å². The van der Waals surface area contributed by atoms with Crippen molar-refractivity contribution in [2.24, 2.45) is 10.3 Å². The van der Waals surface area contributed by atoms with Crippen LogP contribution in [0.3, 0.4) is 0 Å². The zero-order valence-electron chi connectivity index (χ0n) is 41.9. The van der Waals surface area contributed by atoms with E-state index in [-0.39, 0.29) is 25.5 Å². The number of carbonyl (C=O) groups is 2. The zero-order chi connectivity index (χ0) is 48.7. The van der Waals surface area contributed by atoms with Crippen molar-refractivity contribution < 1.29 is 51.2 Å². The molecule has 2 aromatic rings. The fourth-order valence-electron chi connectivity index (χ4n) is 7.80. The van der Waals surface area contributed by atoms with E-state index in [1.807, 2.05) is 26.0 Å². The molecule has 0 saturated carbocycles. The molecule has 0 N–H and O–H groups in total. The predicted molar refractivity (Wildman–Crippen MR) is 267 cm³/mol. The molecule has 0 fully saturated rings. The van der Waals surface area contributed by atoms with E-state index in [9.17, 15) is 18.7 Å². The molecule has 13 nitrogen and oxygen atoms in total. The third-order valence-electron chi connectivity index (χ3n) is 11.3. The van der Waals surface area contributed by atoms with Gasteiger partial charge in [0.2, 0.25) is 0 Å². The van der Waals surface area contributed by atoms with Gasteiger partial charge in [-0.1, -0.05) is 86.7 Å². The number of esters is 2. The van der Waals surface area contributed by atoms with Crippen molar-refractivity contribution in [1.82, 2.24) is 0 Å². The van der Waals surface area contributed by atoms with Crippen molar-refractivity contribution in [2.45, 2.75) is 160 Å². The first-order valence-corrected chi connectivity index (χ1v) is 33.6. The molecular weight excluding hydrogens is 899 g/mol. The first kappa shape index (κ1) is 53.9. The normalized spacial score (nSPS) is 15.9. The minimum atomic E-state index is -4.34. The molecule has 0 saturated heterocycles. The summed E-state index contributed by atoms with van der Waals surface area (Å²) in [5.41, 5.74) is 10.7. The minimum Gasteiger partial charge on any atom is -0.493 e. The lowest BCUT2D eigenvalue weighted by Gasteiger charge is -2.23. The van der Waals surface area contributed by atoms with Gasteiger partial charge < -0.3 is 28.2 Å².